The maximum absolute atomic E-state index is 14.1. The largest absolute Gasteiger partial charge is 0.322 e. The first-order valence-corrected chi connectivity index (χ1v) is 12.3. The zero-order valence-corrected chi connectivity index (χ0v) is 18.4. The number of carbonyl (C=O) groups is 1. The summed E-state index contributed by atoms with van der Waals surface area (Å²) in [7, 11) is -7.34. The molecule has 0 aliphatic carbocycles. The van der Waals surface area contributed by atoms with Gasteiger partial charge in [0.05, 0.1) is 16.2 Å². The number of amides is 1. The van der Waals surface area contributed by atoms with Gasteiger partial charge in [-0.3, -0.25) is 9.52 Å². The summed E-state index contributed by atoms with van der Waals surface area (Å²) < 4.78 is 67.0. The van der Waals surface area contributed by atoms with Crippen LogP contribution in [-0.4, -0.2) is 34.5 Å². The van der Waals surface area contributed by atoms with Crippen LogP contribution >= 0.6 is 0 Å². The van der Waals surface area contributed by atoms with Gasteiger partial charge in [-0.05, 0) is 62.7 Å². The zero-order valence-electron chi connectivity index (χ0n) is 16.8. The molecule has 1 amide bonds. The Hall–Kier alpha value is -2.50. The van der Waals surface area contributed by atoms with Gasteiger partial charge in [0.25, 0.3) is 5.91 Å². The van der Waals surface area contributed by atoms with Crippen molar-refractivity contribution in [2.24, 2.45) is 0 Å². The minimum atomic E-state index is -3.89. The number of benzene rings is 2. The molecule has 164 valence electrons. The summed E-state index contributed by atoms with van der Waals surface area (Å²) in [5.74, 6) is -1.73. The molecule has 0 bridgehead atoms. The molecule has 0 aliphatic heterocycles. The van der Waals surface area contributed by atoms with Crippen molar-refractivity contribution >= 4 is 37.3 Å². The van der Waals surface area contributed by atoms with Crippen LogP contribution in [0, 0.1) is 5.82 Å². The number of carbonyl (C=O) groups excluding carboxylic acids is 1. The van der Waals surface area contributed by atoms with Gasteiger partial charge < -0.3 is 5.32 Å². The first-order valence-electron chi connectivity index (χ1n) is 9.17. The number of hydrogen-bond donors (Lipinski definition) is 3. The summed E-state index contributed by atoms with van der Waals surface area (Å²) in [4.78, 5) is 12.2. The Morgan fingerprint density at radius 2 is 1.60 bits per heavy atom. The van der Waals surface area contributed by atoms with E-state index < -0.39 is 37.3 Å². The van der Waals surface area contributed by atoms with Crippen LogP contribution in [0.1, 0.15) is 37.6 Å². The lowest BCUT2D eigenvalue weighted by Gasteiger charge is -2.12. The molecule has 0 saturated heterocycles. The van der Waals surface area contributed by atoms with Gasteiger partial charge in [-0.15, -0.1) is 0 Å². The third-order valence-corrected chi connectivity index (χ3v) is 6.92. The van der Waals surface area contributed by atoms with E-state index in [2.05, 4.69) is 14.8 Å². The highest BCUT2D eigenvalue weighted by Crippen LogP contribution is 2.19. The molecule has 8 nitrogen and oxygen atoms in total. The van der Waals surface area contributed by atoms with Gasteiger partial charge in [0.2, 0.25) is 20.0 Å². The first kappa shape index (κ1) is 23.8. The van der Waals surface area contributed by atoms with Crippen molar-refractivity contribution in [3.8, 4) is 0 Å². The van der Waals surface area contributed by atoms with Crippen molar-refractivity contribution in [3.05, 3.63) is 53.8 Å². The lowest BCUT2D eigenvalue weighted by Crippen LogP contribution is -2.30. The van der Waals surface area contributed by atoms with E-state index in [0.29, 0.717) is 12.1 Å². The van der Waals surface area contributed by atoms with Crippen molar-refractivity contribution in [1.29, 1.82) is 0 Å². The third kappa shape index (κ3) is 6.51. The van der Waals surface area contributed by atoms with E-state index in [9.17, 15) is 26.0 Å². The highest BCUT2D eigenvalue weighted by Gasteiger charge is 2.20. The quantitative estimate of drug-likeness (QED) is 0.535. The van der Waals surface area contributed by atoms with Crippen LogP contribution in [-0.2, 0) is 20.0 Å². The predicted molar refractivity (Wildman–Crippen MR) is 114 cm³/mol. The Morgan fingerprint density at radius 3 is 2.17 bits per heavy atom. The van der Waals surface area contributed by atoms with Crippen LogP contribution in [0.4, 0.5) is 15.8 Å². The fourth-order valence-electron chi connectivity index (χ4n) is 2.54. The van der Waals surface area contributed by atoms with E-state index in [4.69, 9.17) is 0 Å². The SMILES string of the molecule is CCCS(=O)(=O)Nc1ccc(NC(=O)c2cc(S(=O)(=O)NC(C)C)ccc2F)cc1. The first-order chi connectivity index (χ1) is 13.9. The van der Waals surface area contributed by atoms with Crippen LogP contribution in [0.3, 0.4) is 0 Å². The molecule has 0 fully saturated rings. The summed E-state index contributed by atoms with van der Waals surface area (Å²) in [5, 5.41) is 2.46. The van der Waals surface area contributed by atoms with E-state index in [1.54, 1.807) is 20.8 Å². The number of sulfonamides is 2. The Bertz CT molecular complexity index is 1120. The van der Waals surface area contributed by atoms with Crippen LogP contribution in [0.15, 0.2) is 47.4 Å². The highest BCUT2D eigenvalue weighted by atomic mass is 32.2. The maximum atomic E-state index is 14.1. The molecular weight excluding hydrogens is 433 g/mol. The second kappa shape index (κ2) is 9.54. The molecule has 0 aliphatic rings. The summed E-state index contributed by atoms with van der Waals surface area (Å²) in [6, 6.07) is 8.37. The van der Waals surface area contributed by atoms with E-state index >= 15 is 0 Å². The predicted octanol–water partition coefficient (Wildman–Crippen LogP) is 2.92. The maximum Gasteiger partial charge on any atom is 0.258 e. The normalized spacial score (nSPS) is 12.0. The van der Waals surface area contributed by atoms with Gasteiger partial charge in [0.15, 0.2) is 0 Å². The highest BCUT2D eigenvalue weighted by molar-refractivity contribution is 7.92. The molecule has 0 spiro atoms. The molecule has 2 aromatic carbocycles. The van der Waals surface area contributed by atoms with Crippen LogP contribution < -0.4 is 14.8 Å². The lowest BCUT2D eigenvalue weighted by atomic mass is 10.2. The fourth-order valence-corrected chi connectivity index (χ4v) is 4.95. The molecule has 0 saturated carbocycles. The summed E-state index contributed by atoms with van der Waals surface area (Å²) in [6.45, 7) is 5.03. The van der Waals surface area contributed by atoms with Crippen molar-refractivity contribution in [2.75, 3.05) is 15.8 Å². The van der Waals surface area contributed by atoms with Crippen molar-refractivity contribution in [2.45, 2.75) is 38.1 Å². The topological polar surface area (TPSA) is 121 Å². The molecule has 0 atom stereocenters. The average Bonchev–Trinajstić information content (AvgIpc) is 2.62. The molecule has 0 aromatic heterocycles. The molecular formula is C19H24FN3O5S2. The van der Waals surface area contributed by atoms with Crippen LogP contribution in [0.2, 0.25) is 0 Å². The van der Waals surface area contributed by atoms with E-state index in [-0.39, 0.29) is 22.4 Å². The summed E-state index contributed by atoms with van der Waals surface area (Å²) in [5.41, 5.74) is 0.168. The van der Waals surface area contributed by atoms with Gasteiger partial charge >= 0.3 is 0 Å². The van der Waals surface area contributed by atoms with Gasteiger partial charge in [-0.2, -0.15) is 0 Å². The average molecular weight is 458 g/mol. The second-order valence-electron chi connectivity index (χ2n) is 6.87. The minimum absolute atomic E-state index is 0.0182. The second-order valence-corrected chi connectivity index (χ2v) is 10.4. The van der Waals surface area contributed by atoms with Crippen LogP contribution in [0.25, 0.3) is 0 Å². The minimum Gasteiger partial charge on any atom is -0.322 e. The monoisotopic (exact) mass is 457 g/mol. The zero-order chi connectivity index (χ0) is 22.5. The Kier molecular flexibility index (Phi) is 7.56. The molecule has 0 heterocycles. The van der Waals surface area contributed by atoms with Crippen LogP contribution in [0.5, 0.6) is 0 Å². The van der Waals surface area contributed by atoms with E-state index in [1.165, 1.54) is 24.3 Å². The third-order valence-electron chi connectivity index (χ3n) is 3.77. The molecule has 2 aromatic rings. The molecule has 11 heteroatoms. The lowest BCUT2D eigenvalue weighted by molar-refractivity contribution is 0.102. The number of rotatable bonds is 9. The Morgan fingerprint density at radius 1 is 1.00 bits per heavy atom. The van der Waals surface area contributed by atoms with E-state index in [1.807, 2.05) is 0 Å². The number of anilines is 2. The Labute approximate surface area is 176 Å². The van der Waals surface area contributed by atoms with Gasteiger partial charge in [-0.25, -0.2) is 25.9 Å². The van der Waals surface area contributed by atoms with Gasteiger partial charge in [-0.1, -0.05) is 6.92 Å². The van der Waals surface area contributed by atoms with Crippen molar-refractivity contribution in [3.63, 3.8) is 0 Å². The van der Waals surface area contributed by atoms with Gasteiger partial charge in [0.1, 0.15) is 5.82 Å². The number of nitrogens with one attached hydrogen (secondary N) is 3. The van der Waals surface area contributed by atoms with Crippen molar-refractivity contribution in [1.82, 2.24) is 4.72 Å². The summed E-state index contributed by atoms with van der Waals surface area (Å²) in [6.07, 6.45) is 0.469. The number of halogens is 1. The summed E-state index contributed by atoms with van der Waals surface area (Å²) >= 11 is 0. The Balaban J connectivity index is 2.19. The molecule has 0 radical (unpaired) electrons. The molecule has 2 rings (SSSR count). The smallest absolute Gasteiger partial charge is 0.258 e. The molecule has 3 N–H and O–H groups in total. The molecule has 30 heavy (non-hydrogen) atoms. The fraction of sp³-hybridized carbons (Fsp3) is 0.316. The standard InChI is InChI=1S/C19H24FN3O5S2/c1-4-11-29(25,26)23-15-7-5-14(6-8-15)21-19(24)17-12-16(9-10-18(17)20)30(27,28)22-13(2)3/h5-10,12-13,22-23H,4,11H2,1-3H3,(H,21,24). The van der Waals surface area contributed by atoms with Gasteiger partial charge in [0, 0.05) is 17.4 Å². The van der Waals surface area contributed by atoms with E-state index in [0.717, 1.165) is 18.2 Å². The van der Waals surface area contributed by atoms with Crippen molar-refractivity contribution < 1.29 is 26.0 Å². The molecule has 0 unspecified atom stereocenters. The number of hydrogen-bond acceptors (Lipinski definition) is 5.